The molecular weight excluding hydrogens is 771 g/mol. The van der Waals surface area contributed by atoms with E-state index in [1.165, 1.54) is 0 Å². The zero-order valence-corrected chi connectivity index (χ0v) is 30.4. The molecule has 0 bridgehead atoms. The Morgan fingerprint density at radius 3 is 1.43 bits per heavy atom. The summed E-state index contributed by atoms with van der Waals surface area (Å²) in [5, 5.41) is 6.84. The van der Waals surface area contributed by atoms with E-state index in [9.17, 15) is 9.59 Å². The number of halogens is 4. The molecule has 0 aliphatic carbocycles. The van der Waals surface area contributed by atoms with Gasteiger partial charge in [0.05, 0.1) is 32.8 Å². The van der Waals surface area contributed by atoms with E-state index in [0.717, 1.165) is 67.7 Å². The van der Waals surface area contributed by atoms with Crippen LogP contribution in [0.4, 0.5) is 11.4 Å². The van der Waals surface area contributed by atoms with Crippen LogP contribution < -0.4 is 10.6 Å². The second kappa shape index (κ2) is 14.6. The molecule has 2 aromatic carbocycles. The zero-order valence-electron chi connectivity index (χ0n) is 25.4. The Morgan fingerprint density at radius 2 is 1.04 bits per heavy atom. The van der Waals surface area contributed by atoms with Crippen LogP contribution in [-0.2, 0) is 22.4 Å². The zero-order chi connectivity index (χ0) is 30.5. The van der Waals surface area contributed by atoms with Gasteiger partial charge < -0.3 is 24.9 Å². The summed E-state index contributed by atoms with van der Waals surface area (Å²) in [6.45, 7) is 4.09. The molecule has 0 unspecified atom stereocenters. The number of carbonyl (C=O) groups is 2. The summed E-state index contributed by atoms with van der Waals surface area (Å²) in [7, 11) is 0. The van der Waals surface area contributed by atoms with Crippen molar-refractivity contribution in [3.8, 4) is 22.5 Å². The van der Waals surface area contributed by atoms with Crippen LogP contribution in [-0.4, -0.2) is 36.1 Å². The molecule has 2 aliphatic rings. The Hall–Kier alpha value is -3.74. The summed E-state index contributed by atoms with van der Waals surface area (Å²) in [5.41, 5.74) is 11.4. The van der Waals surface area contributed by atoms with Gasteiger partial charge in [0.25, 0.3) is 0 Å². The predicted octanol–water partition coefficient (Wildman–Crippen LogP) is 8.03. The molecule has 0 fully saturated rings. The number of nitrogens with one attached hydrogen (secondary N) is 2. The number of amides is 2. The van der Waals surface area contributed by atoms with E-state index < -0.39 is 0 Å². The number of aromatic nitrogens is 4. The molecule has 8 rings (SSSR count). The molecule has 9 nitrogen and oxygen atoms in total. The van der Waals surface area contributed by atoms with Gasteiger partial charge in [-0.1, -0.05) is 35.3 Å². The van der Waals surface area contributed by atoms with E-state index in [4.69, 9.17) is 33.2 Å². The lowest BCUT2D eigenvalue weighted by Gasteiger charge is -2.19. The highest BCUT2D eigenvalue weighted by Gasteiger charge is 2.22. The third kappa shape index (κ3) is 6.81. The number of benzene rings is 2. The van der Waals surface area contributed by atoms with Crippen LogP contribution in [0.2, 0.25) is 10.0 Å². The SMILES string of the molecule is Br.Br.Cc1c(-c2cc(Cl)c3c(c2)CCC(=O)N3)nc2ccccn12.Cc1c(-c2cc(Cl)c3c(c2)CCC(=O)N3)nc2ccccn12.O. The second-order valence-corrected chi connectivity index (χ2v) is 11.8. The van der Waals surface area contributed by atoms with Gasteiger partial charge in [-0.25, -0.2) is 9.97 Å². The molecular formula is C34H32Br2Cl2N6O3. The Kier molecular flexibility index (Phi) is 11.2. The maximum Gasteiger partial charge on any atom is 0.224 e. The Bertz CT molecular complexity index is 1990. The Balaban J connectivity index is 0.000000200. The molecule has 6 heterocycles. The number of carbonyl (C=O) groups excluding carboxylic acids is 2. The van der Waals surface area contributed by atoms with Crippen molar-refractivity contribution in [2.24, 2.45) is 0 Å². The van der Waals surface area contributed by atoms with Crippen molar-refractivity contribution in [1.82, 2.24) is 18.8 Å². The van der Waals surface area contributed by atoms with Gasteiger partial charge in [0, 0.05) is 47.8 Å². The average Bonchev–Trinajstić information content (AvgIpc) is 3.55. The first-order valence-corrected chi connectivity index (χ1v) is 15.1. The van der Waals surface area contributed by atoms with Crippen LogP contribution in [0.25, 0.3) is 33.8 Å². The molecule has 47 heavy (non-hydrogen) atoms. The van der Waals surface area contributed by atoms with Crippen LogP contribution in [0.3, 0.4) is 0 Å². The fourth-order valence-corrected chi connectivity index (χ4v) is 6.53. The fourth-order valence-electron chi connectivity index (χ4n) is 5.96. The lowest BCUT2D eigenvalue weighted by Crippen LogP contribution is -2.19. The monoisotopic (exact) mass is 800 g/mol. The normalized spacial score (nSPS) is 13.1. The van der Waals surface area contributed by atoms with Gasteiger partial charge in [0.15, 0.2) is 0 Å². The Morgan fingerprint density at radius 1 is 0.638 bits per heavy atom. The lowest BCUT2D eigenvalue weighted by atomic mass is 9.98. The van der Waals surface area contributed by atoms with Crippen molar-refractivity contribution in [2.75, 3.05) is 10.6 Å². The predicted molar refractivity (Wildman–Crippen MR) is 199 cm³/mol. The van der Waals surface area contributed by atoms with Gasteiger partial charge in [0.1, 0.15) is 11.3 Å². The number of fused-ring (bicyclic) bond motifs is 4. The first kappa shape index (κ1) is 36.1. The van der Waals surface area contributed by atoms with E-state index in [0.29, 0.717) is 35.7 Å². The minimum Gasteiger partial charge on any atom is -0.412 e. The van der Waals surface area contributed by atoms with Crippen molar-refractivity contribution in [3.05, 3.63) is 106 Å². The largest absolute Gasteiger partial charge is 0.412 e. The minimum atomic E-state index is 0. The fraction of sp³-hybridized carbons (Fsp3) is 0.176. The first-order chi connectivity index (χ1) is 21.3. The van der Waals surface area contributed by atoms with Gasteiger partial charge in [-0.15, -0.1) is 34.0 Å². The quantitative estimate of drug-likeness (QED) is 0.184. The third-order valence-corrected chi connectivity index (χ3v) is 8.80. The molecule has 4 N–H and O–H groups in total. The lowest BCUT2D eigenvalue weighted by molar-refractivity contribution is -0.117. The third-order valence-electron chi connectivity index (χ3n) is 8.20. The van der Waals surface area contributed by atoms with Gasteiger partial charge >= 0.3 is 0 Å². The summed E-state index contributed by atoms with van der Waals surface area (Å²) < 4.78 is 4.12. The standard InChI is InChI=1S/2C17H14ClN3O.2BrH.H2O/c2*1-10-16(19-14-4-2-3-7-21(10)14)12-8-11-5-6-15(22)20-17(11)13(18)9-12;;;/h2*2-4,7-9H,5-6H2,1H3,(H,20,22);2*1H;1H2. The highest BCUT2D eigenvalue weighted by Crippen LogP contribution is 2.37. The molecule has 4 aromatic heterocycles. The van der Waals surface area contributed by atoms with Crippen LogP contribution >= 0.6 is 57.2 Å². The molecule has 0 spiro atoms. The first-order valence-electron chi connectivity index (χ1n) is 14.4. The van der Waals surface area contributed by atoms with E-state index in [1.807, 2.05) is 74.8 Å². The number of rotatable bonds is 2. The number of pyridine rings is 2. The van der Waals surface area contributed by atoms with Crippen molar-refractivity contribution in [1.29, 1.82) is 0 Å². The second-order valence-electron chi connectivity index (χ2n) is 11.0. The van der Waals surface area contributed by atoms with Crippen LogP contribution in [0.1, 0.15) is 35.4 Å². The Labute approximate surface area is 302 Å². The maximum absolute atomic E-state index is 11.5. The van der Waals surface area contributed by atoms with E-state index in [1.54, 1.807) is 0 Å². The van der Waals surface area contributed by atoms with Crippen LogP contribution in [0.15, 0.2) is 73.1 Å². The molecule has 244 valence electrons. The smallest absolute Gasteiger partial charge is 0.224 e. The van der Waals surface area contributed by atoms with Crippen LogP contribution in [0.5, 0.6) is 0 Å². The average molecular weight is 803 g/mol. The summed E-state index contributed by atoms with van der Waals surface area (Å²) in [4.78, 5) is 32.4. The molecule has 0 saturated heterocycles. The van der Waals surface area contributed by atoms with Crippen molar-refractivity contribution < 1.29 is 15.1 Å². The molecule has 6 aromatic rings. The van der Waals surface area contributed by atoms with Crippen molar-refractivity contribution in [2.45, 2.75) is 39.5 Å². The molecule has 0 saturated carbocycles. The van der Waals surface area contributed by atoms with Crippen LogP contribution in [0, 0.1) is 13.8 Å². The number of hydrogen-bond acceptors (Lipinski definition) is 4. The highest BCUT2D eigenvalue weighted by molar-refractivity contribution is 8.93. The molecule has 2 amide bonds. The number of imidazole rings is 2. The van der Waals surface area contributed by atoms with E-state index in [2.05, 4.69) is 31.6 Å². The summed E-state index contributed by atoms with van der Waals surface area (Å²) in [5.74, 6) is 0.0390. The van der Waals surface area contributed by atoms with Crippen molar-refractivity contribution in [3.63, 3.8) is 0 Å². The molecule has 2 aliphatic heterocycles. The number of nitrogens with zero attached hydrogens (tertiary/aromatic N) is 4. The summed E-state index contributed by atoms with van der Waals surface area (Å²) >= 11 is 12.7. The highest BCUT2D eigenvalue weighted by atomic mass is 79.9. The van der Waals surface area contributed by atoms with Gasteiger partial charge in [0.2, 0.25) is 11.8 Å². The van der Waals surface area contributed by atoms with Gasteiger partial charge in [-0.05, 0) is 86.3 Å². The van der Waals surface area contributed by atoms with Gasteiger partial charge in [-0.3, -0.25) is 9.59 Å². The molecule has 0 radical (unpaired) electrons. The van der Waals surface area contributed by atoms with E-state index in [-0.39, 0.29) is 51.3 Å². The van der Waals surface area contributed by atoms with Gasteiger partial charge in [-0.2, -0.15) is 0 Å². The number of hydrogen-bond donors (Lipinski definition) is 2. The van der Waals surface area contributed by atoms with Crippen molar-refractivity contribution >= 4 is 91.6 Å². The van der Waals surface area contributed by atoms with E-state index >= 15 is 0 Å². The minimum absolute atomic E-state index is 0. The number of anilines is 2. The molecule has 13 heteroatoms. The summed E-state index contributed by atoms with van der Waals surface area (Å²) in [6, 6.07) is 19.8. The topological polar surface area (TPSA) is 124 Å². The summed E-state index contributed by atoms with van der Waals surface area (Å²) in [6.07, 6.45) is 6.42. The maximum atomic E-state index is 11.5. The molecule has 0 atom stereocenters. The number of aryl methyl sites for hydroxylation is 4.